The number of guanidine groups is 1. The fourth-order valence-corrected chi connectivity index (χ4v) is 2.30. The van der Waals surface area contributed by atoms with E-state index in [0.717, 1.165) is 37.4 Å². The topological polar surface area (TPSA) is 39.7 Å². The SMILES string of the molecule is CCNC(=NCC1CCN(C)C1)NCC1CC1.I. The number of aliphatic imine (C=N–C) groups is 1. The maximum Gasteiger partial charge on any atom is 0.191 e. The molecule has 0 aromatic rings. The van der Waals surface area contributed by atoms with Crippen LogP contribution in [0.2, 0.25) is 0 Å². The highest BCUT2D eigenvalue weighted by Crippen LogP contribution is 2.27. The molecule has 0 amide bonds. The molecule has 1 aliphatic heterocycles. The van der Waals surface area contributed by atoms with Crippen LogP contribution >= 0.6 is 24.0 Å². The Bertz CT molecular complexity index is 266. The standard InChI is InChI=1S/C13H26N4.HI/c1-3-14-13(15-8-11-4-5-11)16-9-12-6-7-17(2)10-12;/h11-12H,3-10H2,1-2H3,(H2,14,15,16);1H. The van der Waals surface area contributed by atoms with E-state index >= 15 is 0 Å². The first-order chi connectivity index (χ1) is 8.28. The predicted octanol–water partition coefficient (Wildman–Crippen LogP) is 1.52. The van der Waals surface area contributed by atoms with Gasteiger partial charge in [-0.05, 0) is 51.6 Å². The molecule has 1 atom stereocenters. The minimum absolute atomic E-state index is 0. The Morgan fingerprint density at radius 3 is 2.56 bits per heavy atom. The van der Waals surface area contributed by atoms with Crippen LogP contribution in [0.25, 0.3) is 0 Å². The molecule has 106 valence electrons. The van der Waals surface area contributed by atoms with Crippen molar-refractivity contribution in [1.82, 2.24) is 15.5 Å². The lowest BCUT2D eigenvalue weighted by atomic mass is 10.1. The molecule has 2 rings (SSSR count). The number of halogens is 1. The largest absolute Gasteiger partial charge is 0.357 e. The summed E-state index contributed by atoms with van der Waals surface area (Å²) >= 11 is 0. The predicted molar refractivity (Wildman–Crippen MR) is 87.7 cm³/mol. The Hall–Kier alpha value is -0.0400. The van der Waals surface area contributed by atoms with Gasteiger partial charge in [0.2, 0.25) is 0 Å². The minimum atomic E-state index is 0. The van der Waals surface area contributed by atoms with E-state index in [0.29, 0.717) is 0 Å². The van der Waals surface area contributed by atoms with Gasteiger partial charge in [-0.3, -0.25) is 4.99 Å². The van der Waals surface area contributed by atoms with E-state index < -0.39 is 0 Å². The third-order valence-electron chi connectivity index (χ3n) is 3.60. The van der Waals surface area contributed by atoms with Gasteiger partial charge in [-0.1, -0.05) is 0 Å². The van der Waals surface area contributed by atoms with Gasteiger partial charge < -0.3 is 15.5 Å². The smallest absolute Gasteiger partial charge is 0.191 e. The van der Waals surface area contributed by atoms with E-state index in [9.17, 15) is 0 Å². The lowest BCUT2D eigenvalue weighted by molar-refractivity contribution is 0.397. The van der Waals surface area contributed by atoms with Crippen LogP contribution in [-0.4, -0.2) is 50.6 Å². The molecule has 0 radical (unpaired) electrons. The number of nitrogens with zero attached hydrogens (tertiary/aromatic N) is 2. The Balaban J connectivity index is 0.00000162. The first kappa shape index (κ1) is 16.0. The molecule has 2 aliphatic rings. The zero-order chi connectivity index (χ0) is 12.1. The van der Waals surface area contributed by atoms with Gasteiger partial charge in [0.25, 0.3) is 0 Å². The molecule has 1 saturated carbocycles. The molecule has 1 heterocycles. The van der Waals surface area contributed by atoms with E-state index in [1.165, 1.54) is 32.4 Å². The monoisotopic (exact) mass is 366 g/mol. The lowest BCUT2D eigenvalue weighted by Gasteiger charge is -2.12. The molecule has 0 spiro atoms. The first-order valence-electron chi connectivity index (χ1n) is 6.98. The Kier molecular flexibility index (Phi) is 7.29. The number of hydrogen-bond donors (Lipinski definition) is 2. The normalized spacial score (nSPS) is 24.8. The quantitative estimate of drug-likeness (QED) is 0.440. The lowest BCUT2D eigenvalue weighted by Crippen LogP contribution is -2.38. The molecule has 0 bridgehead atoms. The molecule has 2 N–H and O–H groups in total. The zero-order valence-corrected chi connectivity index (χ0v) is 13.9. The van der Waals surface area contributed by atoms with Crippen molar-refractivity contribution < 1.29 is 0 Å². The minimum Gasteiger partial charge on any atom is -0.357 e. The van der Waals surface area contributed by atoms with E-state index in [1.807, 2.05) is 0 Å². The number of hydrogen-bond acceptors (Lipinski definition) is 2. The second-order valence-corrected chi connectivity index (χ2v) is 5.46. The van der Waals surface area contributed by atoms with E-state index in [2.05, 4.69) is 29.5 Å². The van der Waals surface area contributed by atoms with Gasteiger partial charge in [0, 0.05) is 26.2 Å². The van der Waals surface area contributed by atoms with Crippen LogP contribution in [0.5, 0.6) is 0 Å². The molecule has 1 aliphatic carbocycles. The molecule has 5 heteroatoms. The van der Waals surface area contributed by atoms with E-state index in [4.69, 9.17) is 4.99 Å². The van der Waals surface area contributed by atoms with Crippen LogP contribution in [0.3, 0.4) is 0 Å². The molecule has 4 nitrogen and oxygen atoms in total. The summed E-state index contributed by atoms with van der Waals surface area (Å²) in [5, 5.41) is 6.77. The van der Waals surface area contributed by atoms with Crippen LogP contribution in [0.1, 0.15) is 26.2 Å². The second-order valence-electron chi connectivity index (χ2n) is 5.46. The highest BCUT2D eigenvalue weighted by Gasteiger charge is 2.21. The second kappa shape index (κ2) is 8.19. The summed E-state index contributed by atoms with van der Waals surface area (Å²) in [6.07, 6.45) is 4.07. The molecule has 0 aromatic carbocycles. The Labute approximate surface area is 128 Å². The van der Waals surface area contributed by atoms with Crippen molar-refractivity contribution in [1.29, 1.82) is 0 Å². The summed E-state index contributed by atoms with van der Waals surface area (Å²) in [4.78, 5) is 7.09. The van der Waals surface area contributed by atoms with Gasteiger partial charge in [0.15, 0.2) is 5.96 Å². The number of rotatable bonds is 5. The van der Waals surface area contributed by atoms with E-state index in [1.54, 1.807) is 0 Å². The summed E-state index contributed by atoms with van der Waals surface area (Å²) in [6, 6.07) is 0. The molecule has 2 fully saturated rings. The Morgan fingerprint density at radius 2 is 2.00 bits per heavy atom. The van der Waals surface area contributed by atoms with Gasteiger partial charge in [0.1, 0.15) is 0 Å². The zero-order valence-electron chi connectivity index (χ0n) is 11.6. The van der Waals surface area contributed by atoms with Crippen molar-refractivity contribution in [2.45, 2.75) is 26.2 Å². The van der Waals surface area contributed by atoms with Crippen LogP contribution in [0, 0.1) is 11.8 Å². The molecule has 18 heavy (non-hydrogen) atoms. The summed E-state index contributed by atoms with van der Waals surface area (Å²) in [5.41, 5.74) is 0. The van der Waals surface area contributed by atoms with Crippen LogP contribution in [-0.2, 0) is 0 Å². The molecule has 1 unspecified atom stereocenters. The third kappa shape index (κ3) is 5.73. The van der Waals surface area contributed by atoms with Crippen molar-refractivity contribution in [2.24, 2.45) is 16.8 Å². The summed E-state index contributed by atoms with van der Waals surface area (Å²) in [5.74, 6) is 2.65. The van der Waals surface area contributed by atoms with Gasteiger partial charge >= 0.3 is 0 Å². The third-order valence-corrected chi connectivity index (χ3v) is 3.60. The van der Waals surface area contributed by atoms with Crippen molar-refractivity contribution >= 4 is 29.9 Å². The van der Waals surface area contributed by atoms with Crippen molar-refractivity contribution in [3.63, 3.8) is 0 Å². The van der Waals surface area contributed by atoms with Crippen LogP contribution in [0.15, 0.2) is 4.99 Å². The fraction of sp³-hybridized carbons (Fsp3) is 0.923. The van der Waals surface area contributed by atoms with E-state index in [-0.39, 0.29) is 24.0 Å². The number of nitrogens with one attached hydrogen (secondary N) is 2. The highest BCUT2D eigenvalue weighted by molar-refractivity contribution is 14.0. The maximum absolute atomic E-state index is 4.70. The number of likely N-dealkylation sites (tertiary alicyclic amines) is 1. The van der Waals surface area contributed by atoms with Crippen LogP contribution in [0.4, 0.5) is 0 Å². The molecule has 1 saturated heterocycles. The summed E-state index contributed by atoms with van der Waals surface area (Å²) in [6.45, 7) is 7.55. The fourth-order valence-electron chi connectivity index (χ4n) is 2.30. The highest BCUT2D eigenvalue weighted by atomic mass is 127. The van der Waals surface area contributed by atoms with Gasteiger partial charge in [-0.25, -0.2) is 0 Å². The van der Waals surface area contributed by atoms with Crippen LogP contribution < -0.4 is 10.6 Å². The average Bonchev–Trinajstić information content (AvgIpc) is 3.05. The molecular formula is C13H27IN4. The van der Waals surface area contributed by atoms with Gasteiger partial charge in [0.05, 0.1) is 0 Å². The maximum atomic E-state index is 4.70. The van der Waals surface area contributed by atoms with Gasteiger partial charge in [-0.2, -0.15) is 0 Å². The Morgan fingerprint density at radius 1 is 1.22 bits per heavy atom. The van der Waals surface area contributed by atoms with Crippen molar-refractivity contribution in [3.8, 4) is 0 Å². The van der Waals surface area contributed by atoms with Gasteiger partial charge in [-0.15, -0.1) is 24.0 Å². The average molecular weight is 366 g/mol. The van der Waals surface area contributed by atoms with Crippen molar-refractivity contribution in [2.75, 3.05) is 39.8 Å². The van der Waals surface area contributed by atoms with Crippen molar-refractivity contribution in [3.05, 3.63) is 0 Å². The molecular weight excluding hydrogens is 339 g/mol. The molecule has 0 aromatic heterocycles. The summed E-state index contributed by atoms with van der Waals surface area (Å²) in [7, 11) is 2.19. The first-order valence-corrected chi connectivity index (χ1v) is 6.98. The summed E-state index contributed by atoms with van der Waals surface area (Å²) < 4.78 is 0.